The molecule has 2 heterocycles. The fourth-order valence-corrected chi connectivity index (χ4v) is 14.9. The summed E-state index contributed by atoms with van der Waals surface area (Å²) in [5.74, 6) is 0. The molecule has 1 aliphatic heterocycles. The highest BCUT2D eigenvalue weighted by atomic mass is 15.1. The predicted octanol–water partition coefficient (Wildman–Crippen LogP) is 19.8. The molecule has 13 aromatic carbocycles. The van der Waals surface area contributed by atoms with E-state index in [9.17, 15) is 0 Å². The van der Waals surface area contributed by atoms with Crippen molar-refractivity contribution in [3.05, 3.63) is 348 Å². The van der Waals surface area contributed by atoms with Crippen LogP contribution in [-0.4, -0.2) is 4.57 Å². The molecule has 14 aromatic rings. The van der Waals surface area contributed by atoms with Crippen molar-refractivity contribution in [2.24, 2.45) is 0 Å². The van der Waals surface area contributed by atoms with Crippen molar-refractivity contribution in [1.29, 1.82) is 0 Å². The lowest BCUT2D eigenvalue weighted by atomic mass is 9.65. The normalized spacial score (nSPS) is 14.9. The third-order valence-corrected chi connectivity index (χ3v) is 18.1. The van der Waals surface area contributed by atoms with E-state index in [1.54, 1.807) is 0 Å². The number of para-hydroxylation sites is 4. The Bertz CT molecular complexity index is 4790. The lowest BCUT2D eigenvalue weighted by molar-refractivity contribution is 0.749. The monoisotopic (exact) mass is 1010 g/mol. The second-order valence-electron chi connectivity index (χ2n) is 21.8. The number of hydrogen-bond donors (Lipinski definition) is 0. The standard InChI is InChI=1S/C78H50N2/c1-3-23-54(24-4-1)77(55-25-5-2-6-26-55)67-34-13-9-29-61(67)64-48-46-57(50-72(64)77)79(56-44-41-52(42-45-56)59-32-19-22-51-21-7-8-27-58(51)59)73-38-16-11-28-60(73)53-43-47-63-62-30-10-14-35-68(62)78(71(63)49-53)69-36-15-18-40-75(69)80-74-39-17-12-31-65(74)66-33-20-37-70(78)76(66)80/h1-50H. The average Bonchev–Trinajstić information content (AvgIpc) is 2.85. The van der Waals surface area contributed by atoms with E-state index in [1.165, 1.54) is 116 Å². The summed E-state index contributed by atoms with van der Waals surface area (Å²) in [6.45, 7) is 0. The minimum atomic E-state index is -0.582. The fourth-order valence-electron chi connectivity index (χ4n) is 14.9. The zero-order valence-electron chi connectivity index (χ0n) is 43.8. The lowest BCUT2D eigenvalue weighted by Gasteiger charge is -2.39. The van der Waals surface area contributed by atoms with Gasteiger partial charge in [-0.1, -0.05) is 255 Å². The molecular weight excluding hydrogens is 965 g/mol. The Hall–Kier alpha value is -10.3. The van der Waals surface area contributed by atoms with Crippen LogP contribution in [0, 0.1) is 0 Å². The zero-order chi connectivity index (χ0) is 52.5. The first-order valence-electron chi connectivity index (χ1n) is 27.9. The topological polar surface area (TPSA) is 8.17 Å². The highest BCUT2D eigenvalue weighted by molar-refractivity contribution is 6.13. The number of benzene rings is 13. The molecule has 0 saturated carbocycles. The lowest BCUT2D eigenvalue weighted by Crippen LogP contribution is -2.33. The van der Waals surface area contributed by atoms with Gasteiger partial charge in [0.1, 0.15) is 0 Å². The molecule has 3 aliphatic rings. The van der Waals surface area contributed by atoms with Gasteiger partial charge in [0, 0.05) is 27.7 Å². The van der Waals surface area contributed by atoms with Crippen molar-refractivity contribution in [1.82, 2.24) is 4.57 Å². The van der Waals surface area contributed by atoms with Crippen LogP contribution in [0.4, 0.5) is 17.1 Å². The molecule has 2 aliphatic carbocycles. The van der Waals surface area contributed by atoms with Gasteiger partial charge in [0.2, 0.25) is 0 Å². The van der Waals surface area contributed by atoms with E-state index in [2.05, 4.69) is 313 Å². The van der Waals surface area contributed by atoms with Gasteiger partial charge in [-0.3, -0.25) is 0 Å². The molecule has 0 amide bonds. The maximum absolute atomic E-state index is 2.54. The molecule has 2 heteroatoms. The number of nitrogens with zero attached hydrogens (tertiary/aromatic N) is 2. The van der Waals surface area contributed by atoms with Crippen LogP contribution >= 0.6 is 0 Å². The van der Waals surface area contributed by atoms with Gasteiger partial charge in [0.15, 0.2) is 0 Å². The van der Waals surface area contributed by atoms with E-state index >= 15 is 0 Å². The molecule has 1 unspecified atom stereocenters. The Kier molecular flexibility index (Phi) is 9.58. The Morgan fingerprint density at radius 3 is 1.54 bits per heavy atom. The van der Waals surface area contributed by atoms with Crippen molar-refractivity contribution in [3.8, 4) is 50.2 Å². The highest BCUT2D eigenvalue weighted by Crippen LogP contribution is 2.62. The minimum absolute atomic E-state index is 0.567. The van der Waals surface area contributed by atoms with Gasteiger partial charge in [0.25, 0.3) is 0 Å². The molecule has 80 heavy (non-hydrogen) atoms. The molecule has 1 aromatic heterocycles. The van der Waals surface area contributed by atoms with Gasteiger partial charge in [-0.25, -0.2) is 0 Å². The number of anilines is 3. The Morgan fingerprint density at radius 1 is 0.275 bits per heavy atom. The van der Waals surface area contributed by atoms with Gasteiger partial charge < -0.3 is 9.47 Å². The van der Waals surface area contributed by atoms with Gasteiger partial charge in [-0.15, -0.1) is 0 Å². The molecule has 0 saturated heterocycles. The second-order valence-corrected chi connectivity index (χ2v) is 21.8. The second kappa shape index (κ2) is 17.1. The first-order chi connectivity index (χ1) is 39.7. The molecular formula is C78H50N2. The summed E-state index contributed by atoms with van der Waals surface area (Å²) in [5.41, 5.74) is 25.9. The minimum Gasteiger partial charge on any atom is -0.310 e. The first-order valence-corrected chi connectivity index (χ1v) is 27.9. The SMILES string of the molecule is c1ccc(C2(c3ccccc3)c3ccccc3-c3ccc(N(c4ccc(-c5cccc6ccccc56)cc4)c4ccccc4-c4ccc5c(c4)C4(c6ccccc6-5)c5ccccc5-n5c6ccccc6c6cccc4c65)cc32)cc1. The Morgan fingerprint density at radius 2 is 0.775 bits per heavy atom. The highest BCUT2D eigenvalue weighted by Gasteiger charge is 2.51. The maximum Gasteiger partial charge on any atom is 0.0754 e. The van der Waals surface area contributed by atoms with Crippen molar-refractivity contribution < 1.29 is 0 Å². The number of aromatic nitrogens is 1. The molecule has 0 bridgehead atoms. The summed E-state index contributed by atoms with van der Waals surface area (Å²) in [5, 5.41) is 5.04. The molecule has 2 nitrogen and oxygen atoms in total. The molecule has 0 fully saturated rings. The summed E-state index contributed by atoms with van der Waals surface area (Å²) in [6, 6.07) is 114. The predicted molar refractivity (Wildman–Crippen MR) is 332 cm³/mol. The number of rotatable bonds is 7. The third kappa shape index (κ3) is 6.02. The van der Waals surface area contributed by atoms with Gasteiger partial charge in [-0.05, 0) is 143 Å². The van der Waals surface area contributed by atoms with Crippen LogP contribution in [0.3, 0.4) is 0 Å². The molecule has 0 N–H and O–H groups in total. The van der Waals surface area contributed by atoms with E-state index in [1.807, 2.05) is 0 Å². The molecule has 372 valence electrons. The van der Waals surface area contributed by atoms with E-state index in [0.29, 0.717) is 0 Å². The largest absolute Gasteiger partial charge is 0.310 e. The number of fused-ring (bicyclic) bond motifs is 16. The van der Waals surface area contributed by atoms with Crippen LogP contribution in [0.5, 0.6) is 0 Å². The zero-order valence-corrected chi connectivity index (χ0v) is 43.8. The average molecular weight is 1020 g/mol. The Labute approximate surface area is 465 Å². The van der Waals surface area contributed by atoms with Crippen molar-refractivity contribution >= 4 is 49.6 Å². The van der Waals surface area contributed by atoms with Crippen molar-refractivity contribution in [2.45, 2.75) is 10.8 Å². The quantitative estimate of drug-likeness (QED) is 0.154. The van der Waals surface area contributed by atoms with Crippen LogP contribution in [0.25, 0.3) is 82.8 Å². The fraction of sp³-hybridized carbons (Fsp3) is 0.0256. The Balaban J connectivity index is 0.911. The third-order valence-electron chi connectivity index (χ3n) is 18.1. The van der Waals surface area contributed by atoms with Crippen LogP contribution in [-0.2, 0) is 10.8 Å². The maximum atomic E-state index is 2.54. The van der Waals surface area contributed by atoms with E-state index in [0.717, 1.165) is 28.2 Å². The van der Waals surface area contributed by atoms with Crippen molar-refractivity contribution in [2.75, 3.05) is 4.90 Å². The van der Waals surface area contributed by atoms with Crippen LogP contribution in [0.2, 0.25) is 0 Å². The summed E-state index contributed by atoms with van der Waals surface area (Å²) in [6.07, 6.45) is 0. The smallest absolute Gasteiger partial charge is 0.0754 e. The van der Waals surface area contributed by atoms with E-state index in [-0.39, 0.29) is 0 Å². The molecule has 0 radical (unpaired) electrons. The van der Waals surface area contributed by atoms with Gasteiger partial charge in [0.05, 0.1) is 33.2 Å². The summed E-state index contributed by atoms with van der Waals surface area (Å²) >= 11 is 0. The van der Waals surface area contributed by atoms with Crippen LogP contribution in [0.15, 0.2) is 303 Å². The van der Waals surface area contributed by atoms with Crippen LogP contribution in [0.1, 0.15) is 44.5 Å². The molecule has 1 atom stereocenters. The van der Waals surface area contributed by atoms with Gasteiger partial charge in [-0.2, -0.15) is 0 Å². The van der Waals surface area contributed by atoms with E-state index < -0.39 is 10.8 Å². The number of hydrogen-bond acceptors (Lipinski definition) is 1. The molecule has 1 spiro atoms. The summed E-state index contributed by atoms with van der Waals surface area (Å²) in [7, 11) is 0. The van der Waals surface area contributed by atoms with E-state index in [4.69, 9.17) is 0 Å². The summed E-state index contributed by atoms with van der Waals surface area (Å²) < 4.78 is 2.53. The first kappa shape index (κ1) is 44.8. The summed E-state index contributed by atoms with van der Waals surface area (Å²) in [4.78, 5) is 2.51. The van der Waals surface area contributed by atoms with Gasteiger partial charge >= 0.3 is 0 Å². The van der Waals surface area contributed by atoms with Crippen LogP contribution < -0.4 is 4.90 Å². The molecule has 17 rings (SSSR count). The van der Waals surface area contributed by atoms with Crippen molar-refractivity contribution in [3.63, 3.8) is 0 Å².